The topological polar surface area (TPSA) is 111 Å². The first kappa shape index (κ1) is 16.7. The molecule has 0 aliphatic carbocycles. The van der Waals surface area contributed by atoms with Crippen molar-refractivity contribution in [2.24, 2.45) is 0 Å². The molecule has 1 aromatic carbocycles. The summed E-state index contributed by atoms with van der Waals surface area (Å²) in [6, 6.07) is 4.36. The van der Waals surface area contributed by atoms with Crippen molar-refractivity contribution in [2.75, 3.05) is 39.2 Å². The number of hydrogen-bond donors (Lipinski definition) is 3. The van der Waals surface area contributed by atoms with Crippen LogP contribution in [0.2, 0.25) is 0 Å². The van der Waals surface area contributed by atoms with E-state index in [0.29, 0.717) is 18.7 Å². The van der Waals surface area contributed by atoms with Gasteiger partial charge in [0.15, 0.2) is 0 Å². The molecule has 0 spiro atoms. The Morgan fingerprint density at radius 3 is 2.75 bits per heavy atom. The fourth-order valence-corrected chi connectivity index (χ4v) is 2.75. The Morgan fingerprint density at radius 2 is 2.10 bits per heavy atom. The third-order valence-corrected chi connectivity index (χ3v) is 3.97. The van der Waals surface area contributed by atoms with E-state index < -0.39 is 10.0 Å². The van der Waals surface area contributed by atoms with E-state index in [9.17, 15) is 8.42 Å². The lowest BCUT2D eigenvalue weighted by atomic mass is 10.3. The summed E-state index contributed by atoms with van der Waals surface area (Å²) in [6.45, 7) is 0.816. The van der Waals surface area contributed by atoms with Crippen LogP contribution in [-0.2, 0) is 14.8 Å². The Morgan fingerprint density at radius 1 is 1.35 bits per heavy atom. The summed E-state index contributed by atoms with van der Waals surface area (Å²) >= 11 is 0. The summed E-state index contributed by atoms with van der Waals surface area (Å²) in [5.74, 6) is 0.203. The van der Waals surface area contributed by atoms with Crippen LogP contribution in [0.15, 0.2) is 23.1 Å². The molecule has 1 rings (SSSR count). The molecule has 0 atom stereocenters. The third kappa shape index (κ3) is 4.97. The second-order valence-corrected chi connectivity index (χ2v) is 5.73. The first-order valence-corrected chi connectivity index (χ1v) is 7.61. The minimum atomic E-state index is -3.65. The molecular weight excluding hydrogens is 284 g/mol. The molecule has 0 amide bonds. The maximum Gasteiger partial charge on any atom is 0.244 e. The summed E-state index contributed by atoms with van der Waals surface area (Å²) in [6.07, 6.45) is 0.510. The second-order valence-electron chi connectivity index (χ2n) is 4.00. The lowest BCUT2D eigenvalue weighted by molar-refractivity contribution is 0.0913. The van der Waals surface area contributed by atoms with Gasteiger partial charge in [-0.2, -0.15) is 0 Å². The Hall–Kier alpha value is -1.35. The molecule has 7 nitrogen and oxygen atoms in total. The number of nitrogen functional groups attached to an aromatic ring is 1. The smallest absolute Gasteiger partial charge is 0.244 e. The van der Waals surface area contributed by atoms with Gasteiger partial charge < -0.3 is 20.3 Å². The van der Waals surface area contributed by atoms with Crippen molar-refractivity contribution in [3.63, 3.8) is 0 Å². The zero-order valence-electron chi connectivity index (χ0n) is 11.3. The summed E-state index contributed by atoms with van der Waals surface area (Å²) in [4.78, 5) is 0.0467. The number of ether oxygens (including phenoxy) is 2. The largest absolute Gasteiger partial charge is 0.495 e. The van der Waals surface area contributed by atoms with Gasteiger partial charge in [-0.3, -0.25) is 0 Å². The van der Waals surface area contributed by atoms with E-state index in [2.05, 4.69) is 4.72 Å². The highest BCUT2D eigenvalue weighted by molar-refractivity contribution is 7.89. The quantitative estimate of drug-likeness (QED) is 0.436. The van der Waals surface area contributed by atoms with Gasteiger partial charge in [0.25, 0.3) is 0 Å². The van der Waals surface area contributed by atoms with E-state index >= 15 is 0 Å². The maximum absolute atomic E-state index is 12.1. The number of methoxy groups -OCH3 is 1. The highest BCUT2D eigenvalue weighted by Gasteiger charge is 2.18. The van der Waals surface area contributed by atoms with Crippen LogP contribution in [0.3, 0.4) is 0 Å². The molecule has 4 N–H and O–H groups in total. The van der Waals surface area contributed by atoms with Crippen molar-refractivity contribution in [3.8, 4) is 5.75 Å². The predicted molar refractivity (Wildman–Crippen MR) is 75.1 cm³/mol. The van der Waals surface area contributed by atoms with E-state index in [4.69, 9.17) is 20.3 Å². The van der Waals surface area contributed by atoms with Gasteiger partial charge >= 0.3 is 0 Å². The molecule has 8 heteroatoms. The molecule has 0 radical (unpaired) electrons. The average Bonchev–Trinajstić information content (AvgIpc) is 2.42. The number of benzene rings is 1. The van der Waals surface area contributed by atoms with Crippen LogP contribution in [0.5, 0.6) is 5.75 Å². The molecule has 0 fully saturated rings. The molecule has 0 aromatic heterocycles. The van der Waals surface area contributed by atoms with Crippen molar-refractivity contribution in [2.45, 2.75) is 11.3 Å². The number of aliphatic hydroxyl groups is 1. The number of anilines is 1. The van der Waals surface area contributed by atoms with Crippen LogP contribution in [0.4, 0.5) is 5.69 Å². The van der Waals surface area contributed by atoms with Crippen LogP contribution < -0.4 is 15.2 Å². The van der Waals surface area contributed by atoms with Gasteiger partial charge in [0, 0.05) is 24.9 Å². The summed E-state index contributed by atoms with van der Waals surface area (Å²) in [5.41, 5.74) is 6.01. The van der Waals surface area contributed by atoms with Gasteiger partial charge in [0.1, 0.15) is 10.6 Å². The molecule has 0 aliphatic rings. The van der Waals surface area contributed by atoms with Gasteiger partial charge in [0.05, 0.1) is 20.3 Å². The monoisotopic (exact) mass is 304 g/mol. The van der Waals surface area contributed by atoms with E-state index in [1.54, 1.807) is 0 Å². The van der Waals surface area contributed by atoms with E-state index in [1.165, 1.54) is 25.3 Å². The first-order valence-electron chi connectivity index (χ1n) is 6.13. The van der Waals surface area contributed by atoms with Gasteiger partial charge in [-0.25, -0.2) is 13.1 Å². The van der Waals surface area contributed by atoms with Crippen molar-refractivity contribution in [1.82, 2.24) is 4.72 Å². The predicted octanol–water partition coefficient (Wildman–Crippen LogP) is -0.0453. The molecule has 0 heterocycles. The Labute approximate surface area is 118 Å². The van der Waals surface area contributed by atoms with Gasteiger partial charge in [-0.05, 0) is 18.6 Å². The van der Waals surface area contributed by atoms with Gasteiger partial charge in [-0.1, -0.05) is 0 Å². The highest BCUT2D eigenvalue weighted by Crippen LogP contribution is 2.25. The number of aliphatic hydroxyl groups excluding tert-OH is 1. The van der Waals surface area contributed by atoms with Crippen LogP contribution in [0, 0.1) is 0 Å². The number of nitrogens with two attached hydrogens (primary N) is 1. The molecule has 0 aliphatic heterocycles. The van der Waals surface area contributed by atoms with Crippen molar-refractivity contribution in [1.29, 1.82) is 0 Å². The highest BCUT2D eigenvalue weighted by atomic mass is 32.2. The number of hydrogen-bond acceptors (Lipinski definition) is 6. The van der Waals surface area contributed by atoms with Crippen LogP contribution in [-0.4, -0.2) is 47.0 Å². The number of rotatable bonds is 9. The average molecular weight is 304 g/mol. The Bertz CT molecular complexity index is 519. The minimum Gasteiger partial charge on any atom is -0.495 e. The van der Waals surface area contributed by atoms with Crippen LogP contribution >= 0.6 is 0 Å². The molecule has 0 saturated carbocycles. The van der Waals surface area contributed by atoms with E-state index in [1.807, 2.05) is 0 Å². The molecule has 20 heavy (non-hydrogen) atoms. The number of sulfonamides is 1. The fourth-order valence-electron chi connectivity index (χ4n) is 1.53. The lowest BCUT2D eigenvalue weighted by Gasteiger charge is -2.11. The molecule has 0 saturated heterocycles. The standard InChI is InChI=1S/C12H20N2O5S/c1-18-11-9-10(13)3-4-12(11)20(16,17)14-5-2-7-19-8-6-15/h3-4,9,14-15H,2,5-8,13H2,1H3. The molecular formula is C12H20N2O5S. The zero-order valence-corrected chi connectivity index (χ0v) is 12.1. The molecule has 114 valence electrons. The van der Waals surface area contributed by atoms with E-state index in [-0.39, 0.29) is 30.4 Å². The van der Waals surface area contributed by atoms with Crippen LogP contribution in [0.1, 0.15) is 6.42 Å². The number of nitrogens with one attached hydrogen (secondary N) is 1. The molecule has 0 unspecified atom stereocenters. The summed E-state index contributed by atoms with van der Waals surface area (Å²) < 4.78 is 36.7. The van der Waals surface area contributed by atoms with Gasteiger partial charge in [-0.15, -0.1) is 0 Å². The zero-order chi connectivity index (χ0) is 15.0. The fraction of sp³-hybridized carbons (Fsp3) is 0.500. The molecule has 1 aromatic rings. The van der Waals surface area contributed by atoms with Crippen molar-refractivity contribution >= 4 is 15.7 Å². The van der Waals surface area contributed by atoms with Crippen molar-refractivity contribution < 1.29 is 23.0 Å². The lowest BCUT2D eigenvalue weighted by Crippen LogP contribution is -2.26. The normalized spacial score (nSPS) is 11.5. The minimum absolute atomic E-state index is 0.0467. The second kappa shape index (κ2) is 8.05. The SMILES string of the molecule is COc1cc(N)ccc1S(=O)(=O)NCCCOCCO. The van der Waals surface area contributed by atoms with Crippen LogP contribution in [0.25, 0.3) is 0 Å². The summed E-state index contributed by atoms with van der Waals surface area (Å²) in [7, 11) is -2.26. The van der Waals surface area contributed by atoms with Crippen molar-refractivity contribution in [3.05, 3.63) is 18.2 Å². The first-order chi connectivity index (χ1) is 9.51. The maximum atomic E-state index is 12.1. The third-order valence-electron chi connectivity index (χ3n) is 2.47. The Balaban J connectivity index is 2.60. The van der Waals surface area contributed by atoms with E-state index in [0.717, 1.165) is 0 Å². The molecule has 0 bridgehead atoms. The van der Waals surface area contributed by atoms with Gasteiger partial charge in [0.2, 0.25) is 10.0 Å². The summed E-state index contributed by atoms with van der Waals surface area (Å²) in [5, 5.41) is 8.52. The Kier molecular flexibility index (Phi) is 6.73.